The number of rotatable bonds is 7. The fourth-order valence-corrected chi connectivity index (χ4v) is 6.37. The minimum absolute atomic E-state index is 0.145. The van der Waals surface area contributed by atoms with Crippen LogP contribution in [0, 0.1) is 18.2 Å². The first kappa shape index (κ1) is 27.0. The Hall–Kier alpha value is -3.57. The fourth-order valence-electron chi connectivity index (χ4n) is 6.37. The first-order valence-corrected chi connectivity index (χ1v) is 13.5. The van der Waals surface area contributed by atoms with E-state index < -0.39 is 5.60 Å². The number of hydrogen-bond donors (Lipinski definition) is 1. The Morgan fingerprint density at radius 1 is 1.15 bits per heavy atom. The highest BCUT2D eigenvalue weighted by Crippen LogP contribution is 2.64. The van der Waals surface area contributed by atoms with Crippen LogP contribution < -0.4 is 5.32 Å². The Labute approximate surface area is 229 Å². The number of nitrogens with zero attached hydrogens (tertiary/aromatic N) is 2. The Morgan fingerprint density at radius 2 is 1.85 bits per heavy atom. The molecule has 4 aliphatic rings. The molecule has 0 radical (unpaired) electrons. The lowest BCUT2D eigenvalue weighted by atomic mass is 9.43. The summed E-state index contributed by atoms with van der Waals surface area (Å²) in [6.45, 7) is 6.96. The van der Waals surface area contributed by atoms with Gasteiger partial charge >= 0.3 is 12.1 Å². The molecule has 2 aromatic carbocycles. The summed E-state index contributed by atoms with van der Waals surface area (Å²) in [5.74, 6) is 2.13. The predicted molar refractivity (Wildman–Crippen MR) is 146 cm³/mol. The smallest absolute Gasteiger partial charge is 0.410 e. The molecule has 0 aromatic heterocycles. The fraction of sp³-hybridized carbons (Fsp3) is 0.484. The highest BCUT2D eigenvalue weighted by molar-refractivity contribution is 5.78. The summed E-state index contributed by atoms with van der Waals surface area (Å²) in [7, 11) is 0. The molecule has 1 aliphatic heterocycles. The molecule has 1 atom stereocenters. The molecule has 1 N–H and O–H groups in total. The third kappa shape index (κ3) is 5.33. The topological polar surface area (TPSA) is 71.1 Å². The summed E-state index contributed by atoms with van der Waals surface area (Å²) in [6.07, 6.45) is 7.63. The van der Waals surface area contributed by atoms with Gasteiger partial charge in [0, 0.05) is 18.6 Å². The highest BCUT2D eigenvalue weighted by Gasteiger charge is 2.72. The molecule has 3 saturated carbocycles. The lowest BCUT2D eigenvalue weighted by Gasteiger charge is -2.73. The number of fused-ring (bicyclic) bond motifs is 1. The van der Waals surface area contributed by atoms with Crippen LogP contribution in [0.4, 0.5) is 14.0 Å². The predicted octanol–water partition coefficient (Wildman–Crippen LogP) is 5.04. The van der Waals surface area contributed by atoms with Crippen LogP contribution in [0.2, 0.25) is 0 Å². The van der Waals surface area contributed by atoms with Gasteiger partial charge in [-0.05, 0) is 75.3 Å². The molecule has 3 amide bonds. The molecule has 0 saturated heterocycles. The van der Waals surface area contributed by atoms with Gasteiger partial charge < -0.3 is 19.7 Å². The maximum atomic E-state index is 13.7. The number of amides is 3. The zero-order valence-electron chi connectivity index (χ0n) is 22.8. The number of carbonyl (C=O) groups is 2. The van der Waals surface area contributed by atoms with Crippen molar-refractivity contribution in [2.45, 2.75) is 69.2 Å². The van der Waals surface area contributed by atoms with Crippen LogP contribution in [0.3, 0.4) is 0 Å². The number of terminal acetylenes is 1. The van der Waals surface area contributed by atoms with Crippen molar-refractivity contribution in [1.29, 1.82) is 0 Å². The van der Waals surface area contributed by atoms with Gasteiger partial charge in [0.05, 0.1) is 18.2 Å². The van der Waals surface area contributed by atoms with Gasteiger partial charge in [-0.15, -0.1) is 6.42 Å². The van der Waals surface area contributed by atoms with E-state index >= 15 is 0 Å². The zero-order chi connectivity index (χ0) is 27.8. The van der Waals surface area contributed by atoms with Crippen LogP contribution in [-0.2, 0) is 15.9 Å². The van der Waals surface area contributed by atoms with Gasteiger partial charge in [0.25, 0.3) is 0 Å². The Kier molecular flexibility index (Phi) is 7.06. The zero-order valence-corrected chi connectivity index (χ0v) is 22.8. The molecule has 0 unspecified atom stereocenters. The number of ether oxygens (including phenoxy) is 2. The molecule has 2 bridgehead atoms. The van der Waals surface area contributed by atoms with Crippen molar-refractivity contribution in [3.05, 3.63) is 71.0 Å². The first-order chi connectivity index (χ1) is 18.5. The molecule has 3 fully saturated rings. The van der Waals surface area contributed by atoms with E-state index in [2.05, 4.69) is 17.3 Å². The Morgan fingerprint density at radius 3 is 2.51 bits per heavy atom. The molecule has 6 rings (SSSR count). The summed E-state index contributed by atoms with van der Waals surface area (Å²) in [5, 5.41) is 3.29. The lowest BCUT2D eigenvalue weighted by molar-refractivity contribution is -0.169. The van der Waals surface area contributed by atoms with E-state index in [1.165, 1.54) is 17.7 Å². The van der Waals surface area contributed by atoms with Crippen LogP contribution in [0.15, 0.2) is 48.5 Å². The number of carbonyl (C=O) groups excluding carboxylic acids is 2. The molecule has 0 spiro atoms. The molecule has 8 heteroatoms. The van der Waals surface area contributed by atoms with Gasteiger partial charge in [-0.25, -0.2) is 14.0 Å². The quantitative estimate of drug-likeness (QED) is 0.400. The van der Waals surface area contributed by atoms with Crippen LogP contribution in [0.5, 0.6) is 0 Å². The van der Waals surface area contributed by atoms with E-state index in [-0.39, 0.29) is 41.7 Å². The standard InChI is InChI=1S/C31H36FN3O4/c1-5-17-38-18-16-35(28(37)39-29(2,3)4)31-19-30(20-31,21-31)33-27(36)34-15-14-22-8-6-7-9-25(22)26(34)23-10-12-24(32)13-11-23/h1,6-13,26H,14-21H2,2-4H3,(H,33,36)/t26-,30?,31?/m0/s1. The largest absolute Gasteiger partial charge is 0.444 e. The van der Waals surface area contributed by atoms with E-state index in [4.69, 9.17) is 15.9 Å². The van der Waals surface area contributed by atoms with Gasteiger partial charge in [0.15, 0.2) is 0 Å². The average Bonchev–Trinajstić information content (AvgIpc) is 2.84. The molecule has 7 nitrogen and oxygen atoms in total. The molecular weight excluding hydrogens is 497 g/mol. The van der Waals surface area contributed by atoms with Crippen LogP contribution in [0.1, 0.15) is 62.8 Å². The van der Waals surface area contributed by atoms with Gasteiger partial charge in [-0.1, -0.05) is 42.3 Å². The number of hydrogen-bond acceptors (Lipinski definition) is 4. The summed E-state index contributed by atoms with van der Waals surface area (Å²) >= 11 is 0. The van der Waals surface area contributed by atoms with Crippen molar-refractivity contribution in [1.82, 2.24) is 15.1 Å². The SMILES string of the molecule is C#CCOCCN(C(=O)OC(C)(C)C)C12CC(NC(=O)N3CCc4ccccc4[C@@H]3c3ccc(F)cc3)(C1)C2. The van der Waals surface area contributed by atoms with E-state index in [1.807, 2.05) is 43.9 Å². The third-order valence-electron chi connectivity index (χ3n) is 7.94. The van der Waals surface area contributed by atoms with Crippen molar-refractivity contribution in [3.8, 4) is 12.3 Å². The number of urea groups is 1. The Bertz CT molecular complexity index is 1260. The Balaban J connectivity index is 1.29. The van der Waals surface area contributed by atoms with Crippen molar-refractivity contribution in [2.24, 2.45) is 0 Å². The molecular formula is C31H36FN3O4. The monoisotopic (exact) mass is 533 g/mol. The van der Waals surface area contributed by atoms with E-state index in [0.717, 1.165) is 17.5 Å². The van der Waals surface area contributed by atoms with Crippen molar-refractivity contribution in [2.75, 3.05) is 26.3 Å². The molecule has 206 valence electrons. The lowest BCUT2D eigenvalue weighted by Crippen LogP contribution is -2.85. The first-order valence-electron chi connectivity index (χ1n) is 13.5. The summed E-state index contributed by atoms with van der Waals surface area (Å²) in [5.41, 5.74) is 1.78. The molecule has 39 heavy (non-hydrogen) atoms. The van der Waals surface area contributed by atoms with Gasteiger partial charge in [0.2, 0.25) is 0 Å². The van der Waals surface area contributed by atoms with Crippen molar-refractivity contribution in [3.63, 3.8) is 0 Å². The highest BCUT2D eigenvalue weighted by atomic mass is 19.1. The van der Waals surface area contributed by atoms with E-state index in [1.54, 1.807) is 17.0 Å². The maximum absolute atomic E-state index is 13.7. The van der Waals surface area contributed by atoms with Gasteiger partial charge in [0.1, 0.15) is 18.0 Å². The average molecular weight is 534 g/mol. The van der Waals surface area contributed by atoms with Crippen molar-refractivity contribution >= 4 is 12.1 Å². The third-order valence-corrected chi connectivity index (χ3v) is 7.94. The summed E-state index contributed by atoms with van der Waals surface area (Å²) in [4.78, 5) is 30.4. The second-order valence-electron chi connectivity index (χ2n) is 12.0. The molecule has 2 aromatic rings. The number of benzene rings is 2. The molecule has 3 aliphatic carbocycles. The maximum Gasteiger partial charge on any atom is 0.410 e. The van der Waals surface area contributed by atoms with Gasteiger partial charge in [-0.2, -0.15) is 0 Å². The van der Waals surface area contributed by atoms with Crippen LogP contribution >= 0.6 is 0 Å². The summed E-state index contributed by atoms with van der Waals surface area (Å²) < 4.78 is 24.8. The number of halogens is 1. The second-order valence-corrected chi connectivity index (χ2v) is 12.0. The minimum atomic E-state index is -0.621. The normalized spacial score (nSPS) is 24.9. The minimum Gasteiger partial charge on any atom is -0.444 e. The summed E-state index contributed by atoms with van der Waals surface area (Å²) in [6, 6.07) is 14.0. The number of nitrogens with one attached hydrogen (secondary N) is 1. The molecule has 1 heterocycles. The van der Waals surface area contributed by atoms with E-state index in [9.17, 15) is 14.0 Å². The van der Waals surface area contributed by atoms with Crippen LogP contribution in [0.25, 0.3) is 0 Å². The second kappa shape index (κ2) is 10.2. The van der Waals surface area contributed by atoms with Gasteiger partial charge in [-0.3, -0.25) is 4.90 Å². The van der Waals surface area contributed by atoms with Crippen molar-refractivity contribution < 1.29 is 23.5 Å². The van der Waals surface area contributed by atoms with Crippen LogP contribution in [-0.4, -0.2) is 64.9 Å². The van der Waals surface area contributed by atoms with E-state index in [0.29, 0.717) is 39.0 Å².